The molecular weight excluding hydrogens is 270 g/mol. The van der Waals surface area contributed by atoms with Gasteiger partial charge in [-0.15, -0.1) is 0 Å². The highest BCUT2D eigenvalue weighted by Crippen LogP contribution is 2.31. The highest BCUT2D eigenvalue weighted by Gasteiger charge is 2.49. The molecule has 2 aliphatic rings. The van der Waals surface area contributed by atoms with Crippen LogP contribution in [0, 0.1) is 0 Å². The molecule has 4 N–H and O–H groups in total. The lowest BCUT2D eigenvalue weighted by molar-refractivity contribution is -0.120. The fourth-order valence-electron chi connectivity index (χ4n) is 2.74. The highest BCUT2D eigenvalue weighted by atomic mass is 32.2. The summed E-state index contributed by atoms with van der Waals surface area (Å²) >= 11 is 0. The van der Waals surface area contributed by atoms with Crippen LogP contribution in [-0.4, -0.2) is 40.9 Å². The van der Waals surface area contributed by atoms with Crippen molar-refractivity contribution in [2.45, 2.75) is 49.7 Å². The molecule has 1 heterocycles. The monoisotopic (exact) mass is 289 g/mol. The van der Waals surface area contributed by atoms with Gasteiger partial charge in [0.25, 0.3) is 0 Å². The van der Waals surface area contributed by atoms with E-state index in [-0.39, 0.29) is 12.1 Å². The van der Waals surface area contributed by atoms with Crippen LogP contribution in [-0.2, 0) is 14.9 Å². The Hall–Kier alpha value is -1.12. The molecular formula is C11H19N3O4S. The summed E-state index contributed by atoms with van der Waals surface area (Å²) in [7, 11) is -4.49. The van der Waals surface area contributed by atoms with Gasteiger partial charge in [-0.3, -0.25) is 9.35 Å². The van der Waals surface area contributed by atoms with E-state index in [1.807, 2.05) is 0 Å². The van der Waals surface area contributed by atoms with Gasteiger partial charge in [-0.2, -0.15) is 8.42 Å². The average molecular weight is 289 g/mol. The lowest BCUT2D eigenvalue weighted by atomic mass is 9.89. The standard InChI is InChI=1S/C11H19N3O4S/c1-11(19(16,17)18)13-10(15)6-7-14(11)9-5-3-2-4-8(9)12/h6-9H,2-5,12H2,1H3,(H,13,15)(H,16,17,18). The molecule has 0 aromatic carbocycles. The lowest BCUT2D eigenvalue weighted by Crippen LogP contribution is -2.68. The molecule has 1 amide bonds. The zero-order chi connectivity index (χ0) is 14.3. The van der Waals surface area contributed by atoms with Crippen LogP contribution >= 0.6 is 0 Å². The second kappa shape index (κ2) is 4.77. The van der Waals surface area contributed by atoms with Crippen molar-refractivity contribution in [3.63, 3.8) is 0 Å². The first-order chi connectivity index (χ1) is 8.75. The number of carbonyl (C=O) groups is 1. The van der Waals surface area contributed by atoms with E-state index in [2.05, 4.69) is 5.32 Å². The topological polar surface area (TPSA) is 113 Å². The zero-order valence-corrected chi connectivity index (χ0v) is 11.6. The molecule has 2 rings (SSSR count). The third kappa shape index (κ3) is 2.47. The lowest BCUT2D eigenvalue weighted by Gasteiger charge is -2.47. The Morgan fingerprint density at radius 3 is 2.68 bits per heavy atom. The highest BCUT2D eigenvalue weighted by molar-refractivity contribution is 7.87. The number of hydrogen-bond acceptors (Lipinski definition) is 5. The molecule has 0 aromatic rings. The summed E-state index contributed by atoms with van der Waals surface area (Å²) in [5.41, 5.74) is 6.04. The van der Waals surface area contributed by atoms with Gasteiger partial charge in [-0.25, -0.2) is 0 Å². The quantitative estimate of drug-likeness (QED) is 0.605. The number of nitrogens with zero attached hydrogens (tertiary/aromatic N) is 1. The zero-order valence-electron chi connectivity index (χ0n) is 10.7. The number of nitrogens with one attached hydrogen (secondary N) is 1. The van der Waals surface area contributed by atoms with E-state index in [1.165, 1.54) is 24.1 Å². The van der Waals surface area contributed by atoms with E-state index < -0.39 is 21.0 Å². The van der Waals surface area contributed by atoms with Gasteiger partial charge in [-0.05, 0) is 19.8 Å². The van der Waals surface area contributed by atoms with Crippen molar-refractivity contribution in [2.24, 2.45) is 5.73 Å². The Morgan fingerprint density at radius 2 is 2.11 bits per heavy atom. The molecule has 1 aliphatic carbocycles. The van der Waals surface area contributed by atoms with Crippen molar-refractivity contribution < 1.29 is 17.8 Å². The van der Waals surface area contributed by atoms with Crippen molar-refractivity contribution >= 4 is 16.0 Å². The molecule has 108 valence electrons. The molecule has 1 saturated carbocycles. The van der Waals surface area contributed by atoms with Gasteiger partial charge in [0, 0.05) is 24.4 Å². The van der Waals surface area contributed by atoms with E-state index in [4.69, 9.17) is 5.73 Å². The minimum atomic E-state index is -4.49. The molecule has 8 heteroatoms. The van der Waals surface area contributed by atoms with E-state index in [0.29, 0.717) is 0 Å². The number of carbonyl (C=O) groups excluding carboxylic acids is 1. The van der Waals surface area contributed by atoms with E-state index in [0.717, 1.165) is 25.7 Å². The third-order valence-electron chi connectivity index (χ3n) is 3.88. The van der Waals surface area contributed by atoms with Crippen LogP contribution in [0.1, 0.15) is 32.6 Å². The molecule has 0 spiro atoms. The summed E-state index contributed by atoms with van der Waals surface area (Å²) in [5.74, 6) is -0.555. The molecule has 3 unspecified atom stereocenters. The van der Waals surface area contributed by atoms with Crippen LogP contribution in [0.2, 0.25) is 0 Å². The van der Waals surface area contributed by atoms with Gasteiger partial charge in [0.1, 0.15) is 0 Å². The van der Waals surface area contributed by atoms with E-state index in [1.54, 1.807) is 0 Å². The Labute approximate surface area is 112 Å². The second-order valence-corrected chi connectivity index (χ2v) is 6.93. The van der Waals surface area contributed by atoms with Crippen molar-refractivity contribution in [1.29, 1.82) is 0 Å². The summed E-state index contributed by atoms with van der Waals surface area (Å²) in [6, 6.07) is -0.410. The van der Waals surface area contributed by atoms with Crippen molar-refractivity contribution in [3.05, 3.63) is 12.3 Å². The van der Waals surface area contributed by atoms with Crippen molar-refractivity contribution in [3.8, 4) is 0 Å². The number of rotatable bonds is 2. The van der Waals surface area contributed by atoms with Gasteiger partial charge in [0.2, 0.25) is 10.9 Å². The Morgan fingerprint density at radius 1 is 1.47 bits per heavy atom. The van der Waals surface area contributed by atoms with E-state index >= 15 is 0 Å². The predicted molar refractivity (Wildman–Crippen MR) is 69.3 cm³/mol. The van der Waals surface area contributed by atoms with Crippen molar-refractivity contribution in [2.75, 3.05) is 0 Å². The summed E-state index contributed by atoms with van der Waals surface area (Å²) in [5, 5.41) is 2.31. The number of nitrogens with two attached hydrogens (primary N) is 1. The normalized spacial score (nSPS) is 36.2. The van der Waals surface area contributed by atoms with E-state index in [9.17, 15) is 17.8 Å². The molecule has 19 heavy (non-hydrogen) atoms. The Balaban J connectivity index is 2.40. The Kier molecular flexibility index (Phi) is 3.59. The minimum absolute atomic E-state index is 0.186. The second-order valence-electron chi connectivity index (χ2n) is 5.19. The maximum absolute atomic E-state index is 11.6. The average Bonchev–Trinajstić information content (AvgIpc) is 2.29. The van der Waals surface area contributed by atoms with Crippen LogP contribution in [0.4, 0.5) is 0 Å². The first-order valence-corrected chi connectivity index (χ1v) is 7.71. The third-order valence-corrected chi connectivity index (χ3v) is 5.19. The van der Waals surface area contributed by atoms with Crippen LogP contribution in [0.15, 0.2) is 12.3 Å². The maximum Gasteiger partial charge on any atom is 0.308 e. The molecule has 0 saturated heterocycles. The number of hydrogen-bond donors (Lipinski definition) is 3. The van der Waals surface area contributed by atoms with Gasteiger partial charge in [0.15, 0.2) is 0 Å². The predicted octanol–water partition coefficient (Wildman–Crippen LogP) is -0.237. The molecule has 1 fully saturated rings. The molecule has 0 bridgehead atoms. The fourth-order valence-corrected chi connectivity index (χ4v) is 3.43. The van der Waals surface area contributed by atoms with Gasteiger partial charge < -0.3 is 16.0 Å². The molecule has 0 aromatic heterocycles. The smallest absolute Gasteiger partial charge is 0.308 e. The SMILES string of the molecule is CC1(S(=O)(=O)O)NC(=O)C=CN1C1CCCCC1N. The van der Waals surface area contributed by atoms with Gasteiger partial charge >= 0.3 is 10.1 Å². The van der Waals surface area contributed by atoms with Crippen molar-refractivity contribution in [1.82, 2.24) is 10.2 Å². The van der Waals surface area contributed by atoms with Crippen LogP contribution in [0.25, 0.3) is 0 Å². The molecule has 7 nitrogen and oxygen atoms in total. The summed E-state index contributed by atoms with van der Waals surface area (Å²) in [6.45, 7) is 1.27. The minimum Gasteiger partial charge on any atom is -0.336 e. The first-order valence-electron chi connectivity index (χ1n) is 6.27. The molecule has 1 aliphatic heterocycles. The summed E-state index contributed by atoms with van der Waals surface area (Å²) in [4.78, 5) is 11.0. The summed E-state index contributed by atoms with van der Waals surface area (Å²) < 4.78 is 32.7. The maximum atomic E-state index is 11.6. The molecule has 0 radical (unpaired) electrons. The first kappa shape index (κ1) is 14.3. The Bertz CT molecular complexity index is 504. The van der Waals surface area contributed by atoms with Gasteiger partial charge in [0.05, 0.1) is 0 Å². The largest absolute Gasteiger partial charge is 0.336 e. The van der Waals surface area contributed by atoms with Crippen LogP contribution in [0.5, 0.6) is 0 Å². The van der Waals surface area contributed by atoms with Crippen LogP contribution < -0.4 is 11.1 Å². The molecule has 3 atom stereocenters. The fraction of sp³-hybridized carbons (Fsp3) is 0.727. The van der Waals surface area contributed by atoms with Gasteiger partial charge in [-0.1, -0.05) is 12.8 Å². The van der Waals surface area contributed by atoms with Crippen LogP contribution in [0.3, 0.4) is 0 Å². The summed E-state index contributed by atoms with van der Waals surface area (Å²) in [6.07, 6.45) is 6.12. The number of amides is 1.